The predicted molar refractivity (Wildman–Crippen MR) is 83.3 cm³/mol. The van der Waals surface area contributed by atoms with Crippen molar-refractivity contribution in [3.63, 3.8) is 0 Å². The highest BCUT2D eigenvalue weighted by molar-refractivity contribution is 5.82. The highest BCUT2D eigenvalue weighted by Crippen LogP contribution is 2.28. The number of rotatable bonds is 7. The van der Waals surface area contributed by atoms with Gasteiger partial charge in [-0.05, 0) is 25.0 Å². The summed E-state index contributed by atoms with van der Waals surface area (Å²) in [5.41, 5.74) is 0.749. The zero-order valence-corrected chi connectivity index (χ0v) is 12.8. The summed E-state index contributed by atoms with van der Waals surface area (Å²) in [4.78, 5) is 26.9. The van der Waals surface area contributed by atoms with Crippen molar-refractivity contribution < 1.29 is 19.4 Å². The van der Waals surface area contributed by atoms with Gasteiger partial charge < -0.3 is 19.6 Å². The van der Waals surface area contributed by atoms with Gasteiger partial charge in [0.25, 0.3) is 0 Å². The molecule has 0 bridgehead atoms. The number of methoxy groups -OCH3 is 1. The second-order valence-corrected chi connectivity index (χ2v) is 5.33. The molecule has 1 heterocycles. The van der Waals surface area contributed by atoms with E-state index in [0.29, 0.717) is 5.75 Å². The van der Waals surface area contributed by atoms with E-state index in [-0.39, 0.29) is 25.4 Å². The van der Waals surface area contributed by atoms with Crippen LogP contribution in [-0.4, -0.2) is 55.2 Å². The molecule has 0 aromatic heterocycles. The summed E-state index contributed by atoms with van der Waals surface area (Å²) in [5.74, 6) is -0.204. The van der Waals surface area contributed by atoms with Crippen LogP contribution in [0.5, 0.6) is 5.75 Å². The van der Waals surface area contributed by atoms with E-state index < -0.39 is 5.97 Å². The molecule has 1 aromatic carbocycles. The standard InChI is InChI=1S/C16H22N2O4/c1-22-14-7-3-2-6-13(14)18(11-8-16(20)21)12-15(19)17-9-4-5-10-17/h2-3,6-7H,4-5,8-12H2,1H3,(H,20,21). The molecule has 1 aliphatic heterocycles. The van der Waals surface area contributed by atoms with Gasteiger partial charge in [-0.25, -0.2) is 0 Å². The molecule has 0 radical (unpaired) electrons. The fourth-order valence-electron chi connectivity index (χ4n) is 2.64. The predicted octanol–water partition coefficient (Wildman–Crippen LogP) is 1.60. The van der Waals surface area contributed by atoms with Crippen LogP contribution in [0.3, 0.4) is 0 Å². The van der Waals surface area contributed by atoms with Crippen molar-refractivity contribution in [2.45, 2.75) is 19.3 Å². The summed E-state index contributed by atoms with van der Waals surface area (Å²) in [7, 11) is 1.57. The van der Waals surface area contributed by atoms with Crippen LogP contribution in [0.4, 0.5) is 5.69 Å². The molecule has 1 amide bonds. The SMILES string of the molecule is COc1ccccc1N(CCC(=O)O)CC(=O)N1CCCC1. The van der Waals surface area contributed by atoms with E-state index in [1.54, 1.807) is 12.0 Å². The van der Waals surface area contributed by atoms with Crippen LogP contribution in [0, 0.1) is 0 Å². The number of carboxylic acids is 1. The number of carboxylic acid groups (broad SMARTS) is 1. The van der Waals surface area contributed by atoms with Gasteiger partial charge in [0, 0.05) is 19.6 Å². The minimum Gasteiger partial charge on any atom is -0.495 e. The number of carbonyl (C=O) groups is 2. The molecule has 0 atom stereocenters. The number of aliphatic carboxylic acids is 1. The van der Waals surface area contributed by atoms with E-state index in [1.165, 1.54) is 0 Å². The molecule has 1 N–H and O–H groups in total. The number of anilines is 1. The van der Waals surface area contributed by atoms with Crippen molar-refractivity contribution >= 4 is 17.6 Å². The summed E-state index contributed by atoms with van der Waals surface area (Å²) in [6.07, 6.45) is 2.05. The number of likely N-dealkylation sites (tertiary alicyclic amines) is 1. The molecule has 2 rings (SSSR count). The van der Waals surface area contributed by atoms with E-state index in [4.69, 9.17) is 9.84 Å². The third kappa shape index (κ3) is 4.13. The topological polar surface area (TPSA) is 70.1 Å². The van der Waals surface area contributed by atoms with Crippen molar-refractivity contribution in [3.8, 4) is 5.75 Å². The average Bonchev–Trinajstić information content (AvgIpc) is 3.05. The van der Waals surface area contributed by atoms with Gasteiger partial charge in [-0.2, -0.15) is 0 Å². The molecular weight excluding hydrogens is 284 g/mol. The first-order valence-corrected chi connectivity index (χ1v) is 7.49. The smallest absolute Gasteiger partial charge is 0.305 e. The number of para-hydroxylation sites is 2. The zero-order chi connectivity index (χ0) is 15.9. The number of benzene rings is 1. The third-order valence-electron chi connectivity index (χ3n) is 3.81. The average molecular weight is 306 g/mol. The van der Waals surface area contributed by atoms with Gasteiger partial charge in [-0.3, -0.25) is 9.59 Å². The maximum atomic E-state index is 12.4. The van der Waals surface area contributed by atoms with Crippen molar-refractivity contribution in [1.29, 1.82) is 0 Å². The van der Waals surface area contributed by atoms with Gasteiger partial charge in [-0.1, -0.05) is 12.1 Å². The van der Waals surface area contributed by atoms with Crippen LogP contribution < -0.4 is 9.64 Å². The fraction of sp³-hybridized carbons (Fsp3) is 0.500. The monoisotopic (exact) mass is 306 g/mol. The number of carbonyl (C=O) groups excluding carboxylic acids is 1. The van der Waals surface area contributed by atoms with Gasteiger partial charge in [0.2, 0.25) is 5.91 Å². The lowest BCUT2D eigenvalue weighted by molar-refractivity contribution is -0.137. The Hall–Kier alpha value is -2.24. The van der Waals surface area contributed by atoms with Crippen molar-refractivity contribution in [2.24, 2.45) is 0 Å². The first kappa shape index (κ1) is 16.1. The molecule has 120 valence electrons. The van der Waals surface area contributed by atoms with E-state index in [9.17, 15) is 9.59 Å². The van der Waals surface area contributed by atoms with Gasteiger partial charge >= 0.3 is 5.97 Å². The minimum absolute atomic E-state index is 0.0225. The van der Waals surface area contributed by atoms with Crippen LogP contribution in [0.1, 0.15) is 19.3 Å². The van der Waals surface area contributed by atoms with E-state index in [0.717, 1.165) is 31.6 Å². The van der Waals surface area contributed by atoms with Crippen LogP contribution in [-0.2, 0) is 9.59 Å². The zero-order valence-electron chi connectivity index (χ0n) is 12.8. The third-order valence-corrected chi connectivity index (χ3v) is 3.81. The number of nitrogens with zero attached hydrogens (tertiary/aromatic N) is 2. The van der Waals surface area contributed by atoms with Crippen LogP contribution in [0.15, 0.2) is 24.3 Å². The Balaban J connectivity index is 2.14. The number of hydrogen-bond acceptors (Lipinski definition) is 4. The molecular formula is C16H22N2O4. The van der Waals surface area contributed by atoms with Crippen molar-refractivity contribution in [1.82, 2.24) is 4.90 Å². The lowest BCUT2D eigenvalue weighted by Crippen LogP contribution is -2.40. The summed E-state index contributed by atoms with van der Waals surface area (Å²) in [6, 6.07) is 7.35. The maximum Gasteiger partial charge on any atom is 0.305 e. The first-order valence-electron chi connectivity index (χ1n) is 7.49. The Labute approximate surface area is 130 Å². The quantitative estimate of drug-likeness (QED) is 0.828. The Morgan fingerprint density at radius 3 is 2.59 bits per heavy atom. The van der Waals surface area contributed by atoms with Gasteiger partial charge in [0.05, 0.1) is 25.8 Å². The Kier molecular flexibility index (Phi) is 5.63. The molecule has 1 aromatic rings. The van der Waals surface area contributed by atoms with Crippen molar-refractivity contribution in [2.75, 3.05) is 38.2 Å². The van der Waals surface area contributed by atoms with Crippen LogP contribution >= 0.6 is 0 Å². The van der Waals surface area contributed by atoms with Crippen molar-refractivity contribution in [3.05, 3.63) is 24.3 Å². The second kappa shape index (κ2) is 7.68. The Morgan fingerprint density at radius 1 is 1.27 bits per heavy atom. The molecule has 1 fully saturated rings. The first-order chi connectivity index (χ1) is 10.6. The fourth-order valence-corrected chi connectivity index (χ4v) is 2.64. The van der Waals surface area contributed by atoms with Gasteiger partial charge in [-0.15, -0.1) is 0 Å². The summed E-state index contributed by atoms with van der Waals surface area (Å²) < 4.78 is 5.33. The lowest BCUT2D eigenvalue weighted by Gasteiger charge is -2.27. The molecule has 0 saturated carbocycles. The van der Waals surface area contributed by atoms with E-state index in [2.05, 4.69) is 0 Å². The highest BCUT2D eigenvalue weighted by atomic mass is 16.5. The molecule has 0 aliphatic carbocycles. The Morgan fingerprint density at radius 2 is 1.95 bits per heavy atom. The van der Waals surface area contributed by atoms with Gasteiger partial charge in [0.1, 0.15) is 5.75 Å². The van der Waals surface area contributed by atoms with Crippen LogP contribution in [0.25, 0.3) is 0 Å². The van der Waals surface area contributed by atoms with E-state index in [1.807, 2.05) is 29.2 Å². The molecule has 1 saturated heterocycles. The molecule has 0 unspecified atom stereocenters. The normalized spacial score (nSPS) is 14.0. The second-order valence-electron chi connectivity index (χ2n) is 5.33. The lowest BCUT2D eigenvalue weighted by atomic mass is 10.2. The summed E-state index contributed by atoms with van der Waals surface area (Å²) >= 11 is 0. The Bertz CT molecular complexity index is 527. The van der Waals surface area contributed by atoms with Crippen LogP contribution in [0.2, 0.25) is 0 Å². The summed E-state index contributed by atoms with van der Waals surface area (Å²) in [5, 5.41) is 8.93. The summed E-state index contributed by atoms with van der Waals surface area (Å²) in [6.45, 7) is 2.03. The number of hydrogen-bond donors (Lipinski definition) is 1. The molecule has 6 nitrogen and oxygen atoms in total. The number of ether oxygens (including phenoxy) is 1. The molecule has 6 heteroatoms. The molecule has 1 aliphatic rings. The maximum absolute atomic E-state index is 12.4. The van der Waals surface area contributed by atoms with E-state index >= 15 is 0 Å². The highest BCUT2D eigenvalue weighted by Gasteiger charge is 2.22. The largest absolute Gasteiger partial charge is 0.495 e. The molecule has 0 spiro atoms. The molecule has 22 heavy (non-hydrogen) atoms. The minimum atomic E-state index is -0.881. The number of amides is 1. The van der Waals surface area contributed by atoms with Gasteiger partial charge in [0.15, 0.2) is 0 Å².